The zero-order valence-electron chi connectivity index (χ0n) is 11.9. The average Bonchev–Trinajstić information content (AvgIpc) is 2.48. The van der Waals surface area contributed by atoms with Crippen molar-refractivity contribution in [3.8, 4) is 5.75 Å². The summed E-state index contributed by atoms with van der Waals surface area (Å²) in [5.74, 6) is 0.996. The second kappa shape index (κ2) is 7.87. The maximum Gasteiger partial charge on any atom is 0.221 e. The molecule has 0 saturated carbocycles. The summed E-state index contributed by atoms with van der Waals surface area (Å²) >= 11 is 0. The van der Waals surface area contributed by atoms with Crippen molar-refractivity contribution in [2.75, 3.05) is 33.4 Å². The highest BCUT2D eigenvalue weighted by Crippen LogP contribution is 2.31. The molecule has 0 aliphatic carbocycles. The number of amides is 1. The molecule has 0 spiro atoms. The summed E-state index contributed by atoms with van der Waals surface area (Å²) in [5, 5.41) is 6.24. The Labute approximate surface area is 119 Å². The van der Waals surface area contributed by atoms with Gasteiger partial charge in [0.1, 0.15) is 5.75 Å². The zero-order valence-corrected chi connectivity index (χ0v) is 11.9. The highest BCUT2D eigenvalue weighted by atomic mass is 16.5. The number of benzene rings is 1. The molecule has 0 bridgehead atoms. The molecule has 2 N–H and O–H groups in total. The largest absolute Gasteiger partial charge is 0.493 e. The fourth-order valence-corrected chi connectivity index (χ4v) is 2.29. The number of ether oxygens (including phenoxy) is 2. The minimum absolute atomic E-state index is 0.0508. The number of fused-ring (bicyclic) bond motifs is 1. The predicted molar refractivity (Wildman–Crippen MR) is 76.8 cm³/mol. The lowest BCUT2D eigenvalue weighted by atomic mass is 10.0. The second-order valence-corrected chi connectivity index (χ2v) is 4.77. The van der Waals surface area contributed by atoms with Crippen molar-refractivity contribution in [1.82, 2.24) is 10.6 Å². The SMILES string of the molecule is COCCNC(=O)CCNC1CCOc2ccccc21. The van der Waals surface area contributed by atoms with Crippen LogP contribution in [0.2, 0.25) is 0 Å². The normalized spacial score (nSPS) is 17.1. The van der Waals surface area contributed by atoms with Crippen molar-refractivity contribution < 1.29 is 14.3 Å². The molecule has 0 aromatic heterocycles. The number of methoxy groups -OCH3 is 1. The van der Waals surface area contributed by atoms with Gasteiger partial charge in [-0.05, 0) is 6.07 Å². The van der Waals surface area contributed by atoms with Crippen LogP contribution in [0.15, 0.2) is 24.3 Å². The van der Waals surface area contributed by atoms with Gasteiger partial charge in [-0.1, -0.05) is 18.2 Å². The minimum atomic E-state index is 0.0508. The van der Waals surface area contributed by atoms with Gasteiger partial charge in [0.25, 0.3) is 0 Å². The number of carbonyl (C=O) groups is 1. The summed E-state index contributed by atoms with van der Waals surface area (Å²) < 4.78 is 10.5. The third kappa shape index (κ3) is 4.21. The Bertz CT molecular complexity index is 437. The van der Waals surface area contributed by atoms with Gasteiger partial charge in [0, 0.05) is 44.6 Å². The first kappa shape index (κ1) is 14.8. The van der Waals surface area contributed by atoms with Crippen LogP contribution < -0.4 is 15.4 Å². The van der Waals surface area contributed by atoms with Crippen LogP contribution in [0.4, 0.5) is 0 Å². The fourth-order valence-electron chi connectivity index (χ4n) is 2.29. The van der Waals surface area contributed by atoms with E-state index in [1.54, 1.807) is 7.11 Å². The van der Waals surface area contributed by atoms with E-state index in [-0.39, 0.29) is 11.9 Å². The molecular formula is C15H22N2O3. The molecule has 20 heavy (non-hydrogen) atoms. The van der Waals surface area contributed by atoms with Crippen LogP contribution in [0.25, 0.3) is 0 Å². The second-order valence-electron chi connectivity index (χ2n) is 4.77. The first-order valence-corrected chi connectivity index (χ1v) is 7.02. The molecule has 1 aliphatic rings. The monoisotopic (exact) mass is 278 g/mol. The zero-order chi connectivity index (χ0) is 14.2. The molecule has 110 valence electrons. The van der Waals surface area contributed by atoms with E-state index in [1.807, 2.05) is 18.2 Å². The highest BCUT2D eigenvalue weighted by molar-refractivity contribution is 5.76. The maximum absolute atomic E-state index is 11.6. The van der Waals surface area contributed by atoms with Crippen LogP contribution in [0.1, 0.15) is 24.4 Å². The Balaban J connectivity index is 1.74. The van der Waals surface area contributed by atoms with Crippen LogP contribution >= 0.6 is 0 Å². The van der Waals surface area contributed by atoms with Crippen molar-refractivity contribution in [2.24, 2.45) is 0 Å². The summed E-state index contributed by atoms with van der Waals surface area (Å²) in [6.07, 6.45) is 1.41. The lowest BCUT2D eigenvalue weighted by molar-refractivity contribution is -0.121. The summed E-state index contributed by atoms with van der Waals surface area (Å²) in [6.45, 7) is 2.49. The van der Waals surface area contributed by atoms with E-state index in [9.17, 15) is 4.79 Å². The van der Waals surface area contributed by atoms with Gasteiger partial charge in [0.15, 0.2) is 0 Å². The van der Waals surface area contributed by atoms with E-state index in [0.717, 1.165) is 12.2 Å². The van der Waals surface area contributed by atoms with Gasteiger partial charge in [0.05, 0.1) is 13.2 Å². The van der Waals surface area contributed by atoms with Gasteiger partial charge >= 0.3 is 0 Å². The smallest absolute Gasteiger partial charge is 0.221 e. The Morgan fingerprint density at radius 1 is 1.40 bits per heavy atom. The van der Waals surface area contributed by atoms with Crippen LogP contribution in [-0.2, 0) is 9.53 Å². The Hall–Kier alpha value is -1.59. The number of carbonyl (C=O) groups excluding carboxylic acids is 1. The average molecular weight is 278 g/mol. The molecule has 0 radical (unpaired) electrons. The number of nitrogens with one attached hydrogen (secondary N) is 2. The number of hydrogen-bond donors (Lipinski definition) is 2. The molecule has 1 aromatic carbocycles. The van der Waals surface area contributed by atoms with Crippen LogP contribution in [0.5, 0.6) is 5.75 Å². The summed E-state index contributed by atoms with van der Waals surface area (Å²) in [7, 11) is 1.62. The van der Waals surface area contributed by atoms with E-state index in [4.69, 9.17) is 9.47 Å². The van der Waals surface area contributed by atoms with Gasteiger partial charge in [-0.25, -0.2) is 0 Å². The van der Waals surface area contributed by atoms with E-state index < -0.39 is 0 Å². The quantitative estimate of drug-likeness (QED) is 0.737. The number of hydrogen-bond acceptors (Lipinski definition) is 4. The molecule has 1 aromatic rings. The molecule has 1 aliphatic heterocycles. The predicted octanol–water partition coefficient (Wildman–Crippen LogP) is 1.25. The van der Waals surface area contributed by atoms with Crippen LogP contribution in [0, 0.1) is 0 Å². The van der Waals surface area contributed by atoms with Crippen molar-refractivity contribution in [3.63, 3.8) is 0 Å². The molecule has 1 atom stereocenters. The van der Waals surface area contributed by atoms with E-state index in [2.05, 4.69) is 16.7 Å². The lowest BCUT2D eigenvalue weighted by Crippen LogP contribution is -2.32. The van der Waals surface area contributed by atoms with E-state index in [0.29, 0.717) is 32.7 Å². The number of rotatable bonds is 7. The Morgan fingerprint density at radius 2 is 2.25 bits per heavy atom. The van der Waals surface area contributed by atoms with Crippen molar-refractivity contribution in [2.45, 2.75) is 18.9 Å². The van der Waals surface area contributed by atoms with Gasteiger partial charge in [-0.15, -0.1) is 0 Å². The lowest BCUT2D eigenvalue weighted by Gasteiger charge is -2.26. The standard InChI is InChI=1S/C15H22N2O3/c1-19-11-9-17-15(18)6-8-16-13-7-10-20-14-5-3-2-4-12(13)14/h2-5,13,16H,6-11H2,1H3,(H,17,18). The topological polar surface area (TPSA) is 59.6 Å². The minimum Gasteiger partial charge on any atom is -0.493 e. The summed E-state index contributed by atoms with van der Waals surface area (Å²) in [5.41, 5.74) is 1.18. The van der Waals surface area contributed by atoms with Crippen molar-refractivity contribution >= 4 is 5.91 Å². The summed E-state index contributed by atoms with van der Waals surface area (Å²) in [6, 6.07) is 8.32. The Kier molecular flexibility index (Phi) is 5.83. The molecular weight excluding hydrogens is 256 g/mol. The molecule has 1 heterocycles. The molecule has 5 nitrogen and oxygen atoms in total. The molecule has 2 rings (SSSR count). The first-order valence-electron chi connectivity index (χ1n) is 7.02. The van der Waals surface area contributed by atoms with Crippen LogP contribution in [0.3, 0.4) is 0 Å². The molecule has 0 saturated heterocycles. The third-order valence-corrected chi connectivity index (χ3v) is 3.33. The van der Waals surface area contributed by atoms with Gasteiger partial charge in [0.2, 0.25) is 5.91 Å². The number of para-hydroxylation sites is 1. The van der Waals surface area contributed by atoms with E-state index in [1.165, 1.54) is 5.56 Å². The Morgan fingerprint density at radius 3 is 3.10 bits per heavy atom. The molecule has 0 fully saturated rings. The van der Waals surface area contributed by atoms with Gasteiger partial charge in [-0.3, -0.25) is 4.79 Å². The molecule has 1 amide bonds. The maximum atomic E-state index is 11.6. The van der Waals surface area contributed by atoms with Crippen molar-refractivity contribution in [1.29, 1.82) is 0 Å². The molecule has 1 unspecified atom stereocenters. The van der Waals surface area contributed by atoms with E-state index >= 15 is 0 Å². The van der Waals surface area contributed by atoms with Gasteiger partial charge in [-0.2, -0.15) is 0 Å². The fraction of sp³-hybridized carbons (Fsp3) is 0.533. The molecule has 5 heteroatoms. The summed E-state index contributed by atoms with van der Waals surface area (Å²) in [4.78, 5) is 11.6. The first-order chi connectivity index (χ1) is 9.81. The van der Waals surface area contributed by atoms with Crippen molar-refractivity contribution in [3.05, 3.63) is 29.8 Å². The third-order valence-electron chi connectivity index (χ3n) is 3.33. The van der Waals surface area contributed by atoms with Crippen LogP contribution in [-0.4, -0.2) is 39.3 Å². The highest BCUT2D eigenvalue weighted by Gasteiger charge is 2.20. The van der Waals surface area contributed by atoms with Gasteiger partial charge < -0.3 is 20.1 Å².